The van der Waals surface area contributed by atoms with Crippen LogP contribution in [0.25, 0.3) is 10.9 Å². The van der Waals surface area contributed by atoms with Crippen LogP contribution in [0, 0.1) is 5.82 Å². The Kier molecular flexibility index (Phi) is 3.85. The number of halogens is 1. The number of aliphatic carboxylic acids is 2. The summed E-state index contributed by atoms with van der Waals surface area (Å²) in [5.41, 5.74) is -1.74. The molecule has 2 rings (SSSR count). The summed E-state index contributed by atoms with van der Waals surface area (Å²) in [6, 6.07) is 3.81. The zero-order valence-electron chi connectivity index (χ0n) is 11.5. The zero-order chi connectivity index (χ0) is 16.5. The third-order valence-corrected chi connectivity index (χ3v) is 3.30. The van der Waals surface area contributed by atoms with Crippen LogP contribution in [0.4, 0.5) is 4.39 Å². The number of fused-ring (bicyclic) bond motifs is 1. The van der Waals surface area contributed by atoms with E-state index in [1.165, 1.54) is 24.4 Å². The lowest BCUT2D eigenvalue weighted by Gasteiger charge is -2.25. The minimum Gasteiger partial charge on any atom is -0.479 e. The van der Waals surface area contributed by atoms with Crippen molar-refractivity contribution in [3.8, 4) is 0 Å². The van der Waals surface area contributed by atoms with Gasteiger partial charge in [0.25, 0.3) is 0 Å². The molecule has 0 radical (unpaired) electrons. The van der Waals surface area contributed by atoms with E-state index in [-0.39, 0.29) is 0 Å². The van der Waals surface area contributed by atoms with Gasteiger partial charge in [0.15, 0.2) is 0 Å². The monoisotopic (exact) mass is 308 g/mol. The second-order valence-corrected chi connectivity index (χ2v) is 4.88. The maximum absolute atomic E-state index is 13.1. The predicted octanol–water partition coefficient (Wildman–Crippen LogP) is 0.894. The van der Waals surface area contributed by atoms with Crippen LogP contribution in [0.15, 0.2) is 24.4 Å². The number of carboxylic acid groups (broad SMARTS) is 2. The molecule has 8 heteroatoms. The Morgan fingerprint density at radius 2 is 1.91 bits per heavy atom. The number of carbonyl (C=O) groups is 3. The third-order valence-electron chi connectivity index (χ3n) is 3.30. The molecule has 2 aromatic rings. The van der Waals surface area contributed by atoms with Crippen molar-refractivity contribution < 1.29 is 29.0 Å². The van der Waals surface area contributed by atoms with Crippen molar-refractivity contribution in [1.29, 1.82) is 0 Å². The first-order chi connectivity index (χ1) is 10.3. The fraction of sp³-hybridized carbons (Fsp3) is 0.214. The second-order valence-electron chi connectivity index (χ2n) is 4.88. The highest BCUT2D eigenvalue weighted by Crippen LogP contribution is 2.24. The van der Waals surface area contributed by atoms with Gasteiger partial charge in [0, 0.05) is 30.4 Å². The molecule has 1 aromatic heterocycles. The van der Waals surface area contributed by atoms with Gasteiger partial charge in [-0.05, 0) is 23.8 Å². The van der Waals surface area contributed by atoms with E-state index >= 15 is 0 Å². The fourth-order valence-corrected chi connectivity index (χ4v) is 2.28. The Balaban J connectivity index is 2.51. The number of hydrogen-bond donors (Lipinski definition) is 4. The molecule has 22 heavy (non-hydrogen) atoms. The van der Waals surface area contributed by atoms with E-state index in [0.717, 1.165) is 6.92 Å². The first kappa shape index (κ1) is 15.5. The molecule has 1 aromatic carbocycles. The Morgan fingerprint density at radius 1 is 1.27 bits per heavy atom. The molecule has 1 heterocycles. The Morgan fingerprint density at radius 3 is 2.45 bits per heavy atom. The Labute approximate surface area is 123 Å². The van der Waals surface area contributed by atoms with E-state index in [0.29, 0.717) is 16.5 Å². The number of carbonyl (C=O) groups excluding carboxylic acids is 1. The second kappa shape index (κ2) is 5.47. The molecule has 0 fully saturated rings. The van der Waals surface area contributed by atoms with Gasteiger partial charge in [0.05, 0.1) is 0 Å². The molecule has 0 saturated heterocycles. The van der Waals surface area contributed by atoms with Crippen molar-refractivity contribution >= 4 is 28.7 Å². The lowest BCUT2D eigenvalue weighted by atomic mass is 9.90. The molecule has 4 N–H and O–H groups in total. The maximum atomic E-state index is 13.1. The molecule has 0 unspecified atom stereocenters. The summed E-state index contributed by atoms with van der Waals surface area (Å²) in [6.07, 6.45) is 0.912. The summed E-state index contributed by atoms with van der Waals surface area (Å²) in [4.78, 5) is 36.9. The van der Waals surface area contributed by atoms with E-state index in [4.69, 9.17) is 0 Å². The lowest BCUT2D eigenvalue weighted by molar-refractivity contribution is -0.161. The summed E-state index contributed by atoms with van der Waals surface area (Å²) in [5.74, 6) is -4.64. The largest absolute Gasteiger partial charge is 0.479 e. The van der Waals surface area contributed by atoms with Crippen LogP contribution in [-0.4, -0.2) is 38.6 Å². The number of rotatable bonds is 5. The Bertz CT molecular complexity index is 754. The summed E-state index contributed by atoms with van der Waals surface area (Å²) >= 11 is 0. The molecule has 7 nitrogen and oxygen atoms in total. The van der Waals surface area contributed by atoms with Crippen LogP contribution in [0.1, 0.15) is 12.5 Å². The van der Waals surface area contributed by atoms with Crippen molar-refractivity contribution in [3.05, 3.63) is 35.8 Å². The standard InChI is InChI=1S/C14H13FN2O5/c1-7(18)17-14(12(19)20,13(21)22)5-8-6-16-11-4-9(15)2-3-10(8)11/h2-4,6,16H,5H2,1H3,(H,17,18)(H,19,20)(H,21,22). The Hall–Kier alpha value is -2.90. The van der Waals surface area contributed by atoms with Gasteiger partial charge in [-0.25, -0.2) is 14.0 Å². The summed E-state index contributed by atoms with van der Waals surface area (Å²) in [5, 5.41) is 21.1. The number of amides is 1. The van der Waals surface area contributed by atoms with Crippen molar-refractivity contribution in [1.82, 2.24) is 10.3 Å². The fourth-order valence-electron chi connectivity index (χ4n) is 2.28. The highest BCUT2D eigenvalue weighted by molar-refractivity contribution is 6.06. The first-order valence-corrected chi connectivity index (χ1v) is 6.27. The van der Waals surface area contributed by atoms with E-state index in [2.05, 4.69) is 4.98 Å². The predicted molar refractivity (Wildman–Crippen MR) is 73.8 cm³/mol. The van der Waals surface area contributed by atoms with Crippen LogP contribution in [0.5, 0.6) is 0 Å². The third kappa shape index (κ3) is 2.62. The van der Waals surface area contributed by atoms with Crippen molar-refractivity contribution in [2.24, 2.45) is 0 Å². The number of aromatic nitrogens is 1. The van der Waals surface area contributed by atoms with Gasteiger partial charge in [-0.3, -0.25) is 4.79 Å². The minimum absolute atomic E-state index is 0.341. The summed E-state index contributed by atoms with van der Waals surface area (Å²) in [7, 11) is 0. The summed E-state index contributed by atoms with van der Waals surface area (Å²) < 4.78 is 13.1. The molecule has 0 aliphatic carbocycles. The maximum Gasteiger partial charge on any atom is 0.341 e. The quantitative estimate of drug-likeness (QED) is 0.612. The number of carboxylic acids is 2. The van der Waals surface area contributed by atoms with Gasteiger partial charge in [-0.2, -0.15) is 0 Å². The molecule has 0 aliphatic heterocycles. The van der Waals surface area contributed by atoms with Gasteiger partial charge in [0.1, 0.15) is 5.82 Å². The number of H-pyrrole nitrogens is 1. The van der Waals surface area contributed by atoms with Crippen LogP contribution in [0.3, 0.4) is 0 Å². The lowest BCUT2D eigenvalue weighted by Crippen LogP contribution is -2.61. The molecular weight excluding hydrogens is 295 g/mol. The molecule has 0 spiro atoms. The molecule has 0 bridgehead atoms. The van der Waals surface area contributed by atoms with Crippen molar-refractivity contribution in [2.45, 2.75) is 18.9 Å². The topological polar surface area (TPSA) is 119 Å². The van der Waals surface area contributed by atoms with Crippen LogP contribution < -0.4 is 5.32 Å². The van der Waals surface area contributed by atoms with Crippen LogP contribution in [-0.2, 0) is 20.8 Å². The van der Waals surface area contributed by atoms with Crippen molar-refractivity contribution in [3.63, 3.8) is 0 Å². The van der Waals surface area contributed by atoms with Gasteiger partial charge >= 0.3 is 11.9 Å². The normalized spacial score (nSPS) is 11.4. The van der Waals surface area contributed by atoms with Gasteiger partial charge < -0.3 is 20.5 Å². The SMILES string of the molecule is CC(=O)NC(Cc1c[nH]c2cc(F)ccc12)(C(=O)O)C(=O)O. The molecule has 116 valence electrons. The highest BCUT2D eigenvalue weighted by Gasteiger charge is 2.48. The van der Waals surface area contributed by atoms with Gasteiger partial charge in [-0.15, -0.1) is 0 Å². The molecule has 0 saturated carbocycles. The van der Waals surface area contributed by atoms with Gasteiger partial charge in [-0.1, -0.05) is 0 Å². The van der Waals surface area contributed by atoms with E-state index in [1.54, 1.807) is 0 Å². The van der Waals surface area contributed by atoms with E-state index in [1.807, 2.05) is 5.32 Å². The minimum atomic E-state index is -2.49. The van der Waals surface area contributed by atoms with E-state index < -0.39 is 35.6 Å². The van der Waals surface area contributed by atoms with E-state index in [9.17, 15) is 29.0 Å². The van der Waals surface area contributed by atoms with Gasteiger partial charge in [0.2, 0.25) is 11.4 Å². The van der Waals surface area contributed by atoms with Crippen LogP contribution in [0.2, 0.25) is 0 Å². The molecule has 0 atom stereocenters. The highest BCUT2D eigenvalue weighted by atomic mass is 19.1. The smallest absolute Gasteiger partial charge is 0.341 e. The van der Waals surface area contributed by atoms with Crippen LogP contribution >= 0.6 is 0 Å². The number of benzene rings is 1. The average molecular weight is 308 g/mol. The molecule has 1 amide bonds. The first-order valence-electron chi connectivity index (χ1n) is 6.27. The number of nitrogens with one attached hydrogen (secondary N) is 2. The summed E-state index contributed by atoms with van der Waals surface area (Å²) in [6.45, 7) is 1.03. The molecule has 0 aliphatic rings. The number of aromatic amines is 1. The van der Waals surface area contributed by atoms with Crippen molar-refractivity contribution in [2.75, 3.05) is 0 Å². The number of hydrogen-bond acceptors (Lipinski definition) is 3. The zero-order valence-corrected chi connectivity index (χ0v) is 11.5. The average Bonchev–Trinajstić information content (AvgIpc) is 2.78. The molecular formula is C14H13FN2O5.